The van der Waals surface area contributed by atoms with Crippen molar-refractivity contribution in [3.8, 4) is 0 Å². The van der Waals surface area contributed by atoms with Crippen LogP contribution in [0, 0.1) is 5.92 Å². The van der Waals surface area contributed by atoms with E-state index in [1.165, 1.54) is 11.3 Å². The molecule has 2 N–H and O–H groups in total. The summed E-state index contributed by atoms with van der Waals surface area (Å²) in [5.74, 6) is -1.42. The van der Waals surface area contributed by atoms with E-state index in [1.54, 1.807) is 6.92 Å². The molecule has 0 radical (unpaired) electrons. The van der Waals surface area contributed by atoms with Crippen molar-refractivity contribution in [1.82, 2.24) is 5.32 Å². The number of rotatable bonds is 5. The third-order valence-electron chi connectivity index (χ3n) is 2.93. The Balaban J connectivity index is 1.94. The summed E-state index contributed by atoms with van der Waals surface area (Å²) in [5, 5.41) is 12.6. The van der Waals surface area contributed by atoms with Gasteiger partial charge in [0.2, 0.25) is 0 Å². The van der Waals surface area contributed by atoms with Crippen LogP contribution in [0.3, 0.4) is 0 Å². The molecule has 1 atom stereocenters. The smallest absolute Gasteiger partial charge is 0.306 e. The molecule has 4 nitrogen and oxygen atoms in total. The van der Waals surface area contributed by atoms with Gasteiger partial charge in [-0.15, -0.1) is 11.3 Å². The fraction of sp³-hybridized carbons (Fsp3) is 0.286. The number of hydrogen-bond donors (Lipinski definition) is 2. The maximum absolute atomic E-state index is 11.9. The van der Waals surface area contributed by atoms with E-state index in [0.717, 1.165) is 10.1 Å². The molecule has 1 aromatic carbocycles. The number of nitrogens with one attached hydrogen (secondary N) is 1. The Hall–Kier alpha value is -1.88. The second kappa shape index (κ2) is 5.84. The van der Waals surface area contributed by atoms with Crippen LogP contribution in [0.25, 0.3) is 10.1 Å². The van der Waals surface area contributed by atoms with Crippen LogP contribution >= 0.6 is 11.3 Å². The number of amides is 1. The van der Waals surface area contributed by atoms with Gasteiger partial charge in [-0.05, 0) is 23.9 Å². The molecule has 0 saturated heterocycles. The van der Waals surface area contributed by atoms with Gasteiger partial charge in [-0.25, -0.2) is 0 Å². The zero-order valence-corrected chi connectivity index (χ0v) is 11.4. The van der Waals surface area contributed by atoms with Crippen LogP contribution in [0.4, 0.5) is 0 Å². The van der Waals surface area contributed by atoms with E-state index in [9.17, 15) is 9.59 Å². The number of carboxylic acids is 1. The SMILES string of the molecule is CC(CCNC(=O)c1cc2ccccc2s1)C(=O)O. The number of aliphatic carboxylic acids is 1. The van der Waals surface area contributed by atoms with E-state index < -0.39 is 11.9 Å². The van der Waals surface area contributed by atoms with Gasteiger partial charge in [0, 0.05) is 11.2 Å². The third kappa shape index (κ3) is 3.32. The zero-order chi connectivity index (χ0) is 13.8. The average Bonchev–Trinajstić information content (AvgIpc) is 2.82. The highest BCUT2D eigenvalue weighted by Crippen LogP contribution is 2.24. The van der Waals surface area contributed by atoms with E-state index in [4.69, 9.17) is 5.11 Å². The number of carbonyl (C=O) groups excluding carboxylic acids is 1. The van der Waals surface area contributed by atoms with Gasteiger partial charge in [0.25, 0.3) is 5.91 Å². The van der Waals surface area contributed by atoms with Crippen molar-refractivity contribution >= 4 is 33.3 Å². The van der Waals surface area contributed by atoms with Crippen LogP contribution in [-0.2, 0) is 4.79 Å². The fourth-order valence-corrected chi connectivity index (χ4v) is 2.69. The van der Waals surface area contributed by atoms with Crippen LogP contribution in [0.15, 0.2) is 30.3 Å². The molecule has 0 aliphatic rings. The summed E-state index contributed by atoms with van der Waals surface area (Å²) in [7, 11) is 0. The molecule has 2 aromatic rings. The molecule has 1 amide bonds. The molecule has 19 heavy (non-hydrogen) atoms. The maximum Gasteiger partial charge on any atom is 0.306 e. The van der Waals surface area contributed by atoms with E-state index in [1.807, 2.05) is 30.3 Å². The molecule has 0 aliphatic heterocycles. The summed E-state index contributed by atoms with van der Waals surface area (Å²) in [6.45, 7) is 2.01. The molecule has 0 aliphatic carbocycles. The topological polar surface area (TPSA) is 66.4 Å². The number of hydrogen-bond acceptors (Lipinski definition) is 3. The number of carboxylic acid groups (broad SMARTS) is 1. The summed E-state index contributed by atoms with van der Waals surface area (Å²) >= 11 is 1.44. The van der Waals surface area contributed by atoms with Crippen LogP contribution in [0.1, 0.15) is 23.0 Å². The molecule has 1 heterocycles. The van der Waals surface area contributed by atoms with Gasteiger partial charge in [0.1, 0.15) is 0 Å². The summed E-state index contributed by atoms with van der Waals surface area (Å²) < 4.78 is 1.08. The first-order chi connectivity index (χ1) is 9.08. The van der Waals surface area contributed by atoms with Crippen LogP contribution in [0.5, 0.6) is 0 Å². The first kappa shape index (κ1) is 13.5. The largest absolute Gasteiger partial charge is 0.481 e. The van der Waals surface area contributed by atoms with Crippen LogP contribution < -0.4 is 5.32 Å². The lowest BCUT2D eigenvalue weighted by Gasteiger charge is -2.06. The third-order valence-corrected chi connectivity index (χ3v) is 4.05. The maximum atomic E-state index is 11.9. The van der Waals surface area contributed by atoms with Crippen molar-refractivity contribution in [3.05, 3.63) is 35.2 Å². The molecule has 100 valence electrons. The Morgan fingerprint density at radius 2 is 2.11 bits per heavy atom. The average molecular weight is 277 g/mol. The summed E-state index contributed by atoms with van der Waals surface area (Å²) in [6, 6.07) is 9.68. The van der Waals surface area contributed by atoms with E-state index in [0.29, 0.717) is 17.8 Å². The highest BCUT2D eigenvalue weighted by molar-refractivity contribution is 7.20. The van der Waals surface area contributed by atoms with E-state index in [2.05, 4.69) is 5.32 Å². The highest BCUT2D eigenvalue weighted by atomic mass is 32.1. The molecular weight excluding hydrogens is 262 g/mol. The van der Waals surface area contributed by atoms with E-state index in [-0.39, 0.29) is 5.91 Å². The van der Waals surface area contributed by atoms with Crippen LogP contribution in [0.2, 0.25) is 0 Å². The minimum absolute atomic E-state index is 0.140. The molecule has 0 bridgehead atoms. The van der Waals surface area contributed by atoms with Gasteiger partial charge in [0.05, 0.1) is 10.8 Å². The first-order valence-corrected chi connectivity index (χ1v) is 6.89. The van der Waals surface area contributed by atoms with Gasteiger partial charge in [-0.1, -0.05) is 25.1 Å². The van der Waals surface area contributed by atoms with Gasteiger partial charge >= 0.3 is 5.97 Å². The number of fused-ring (bicyclic) bond motifs is 1. The van der Waals surface area contributed by atoms with Gasteiger partial charge < -0.3 is 10.4 Å². The zero-order valence-electron chi connectivity index (χ0n) is 10.6. The molecular formula is C14H15NO3S. The lowest BCUT2D eigenvalue weighted by molar-refractivity contribution is -0.141. The second-order valence-corrected chi connectivity index (χ2v) is 5.52. The van der Waals surface area contributed by atoms with Crippen molar-refractivity contribution in [2.75, 3.05) is 6.54 Å². The standard InChI is InChI=1S/C14H15NO3S/c1-9(14(17)18)6-7-15-13(16)12-8-10-4-2-3-5-11(10)19-12/h2-5,8-9H,6-7H2,1H3,(H,15,16)(H,17,18). The van der Waals surface area contributed by atoms with Crippen molar-refractivity contribution in [3.63, 3.8) is 0 Å². The Kier molecular flexibility index (Phi) is 4.16. The van der Waals surface area contributed by atoms with Gasteiger partial charge in [-0.3, -0.25) is 9.59 Å². The second-order valence-electron chi connectivity index (χ2n) is 4.43. The van der Waals surface area contributed by atoms with Crippen molar-refractivity contribution in [2.24, 2.45) is 5.92 Å². The van der Waals surface area contributed by atoms with Crippen molar-refractivity contribution in [2.45, 2.75) is 13.3 Å². The summed E-state index contributed by atoms with van der Waals surface area (Å²) in [4.78, 5) is 23.2. The van der Waals surface area contributed by atoms with E-state index >= 15 is 0 Å². The molecule has 0 fully saturated rings. The number of thiophene rings is 1. The minimum atomic E-state index is -0.837. The first-order valence-electron chi connectivity index (χ1n) is 6.07. The Bertz CT molecular complexity index is 573. The molecule has 1 unspecified atom stereocenters. The van der Waals surface area contributed by atoms with Gasteiger partial charge in [-0.2, -0.15) is 0 Å². The van der Waals surface area contributed by atoms with Crippen LogP contribution in [-0.4, -0.2) is 23.5 Å². The summed E-state index contributed by atoms with van der Waals surface area (Å²) in [6.07, 6.45) is 0.436. The predicted molar refractivity (Wildman–Crippen MR) is 75.6 cm³/mol. The Labute approximate surface area is 115 Å². The molecule has 0 spiro atoms. The highest BCUT2D eigenvalue weighted by Gasteiger charge is 2.13. The summed E-state index contributed by atoms with van der Waals surface area (Å²) in [5.41, 5.74) is 0. The quantitative estimate of drug-likeness (QED) is 0.883. The molecule has 2 rings (SSSR count). The number of carbonyl (C=O) groups is 2. The number of benzene rings is 1. The Morgan fingerprint density at radius 1 is 1.37 bits per heavy atom. The molecule has 0 saturated carbocycles. The fourth-order valence-electron chi connectivity index (χ4n) is 1.71. The van der Waals surface area contributed by atoms with Gasteiger partial charge in [0.15, 0.2) is 0 Å². The molecule has 1 aromatic heterocycles. The monoisotopic (exact) mass is 277 g/mol. The minimum Gasteiger partial charge on any atom is -0.481 e. The normalized spacial score (nSPS) is 12.3. The lowest BCUT2D eigenvalue weighted by atomic mass is 10.1. The predicted octanol–water partition coefficient (Wildman–Crippen LogP) is 2.74. The Morgan fingerprint density at radius 3 is 2.79 bits per heavy atom. The van der Waals surface area contributed by atoms with Crippen molar-refractivity contribution in [1.29, 1.82) is 0 Å². The lowest BCUT2D eigenvalue weighted by Crippen LogP contribution is -2.26. The molecule has 5 heteroatoms. The van der Waals surface area contributed by atoms with Crippen molar-refractivity contribution < 1.29 is 14.7 Å².